The normalized spacial score (nSPS) is 11.2. The second-order valence-corrected chi connectivity index (χ2v) is 5.14. The maximum atomic E-state index is 12.0. The summed E-state index contributed by atoms with van der Waals surface area (Å²) in [6.07, 6.45) is 5.74. The van der Waals surface area contributed by atoms with Crippen LogP contribution < -0.4 is 11.3 Å². The SMILES string of the molecule is Cc1ccc(/C=C/c2ccn(CCOCCN)c(=O)c2)cc1. The molecule has 4 heteroatoms. The molecule has 22 heavy (non-hydrogen) atoms. The molecule has 0 bridgehead atoms. The van der Waals surface area contributed by atoms with Gasteiger partial charge in [-0.3, -0.25) is 4.79 Å². The number of nitrogens with zero attached hydrogens (tertiary/aromatic N) is 1. The van der Waals surface area contributed by atoms with Crippen molar-refractivity contribution < 1.29 is 4.74 Å². The highest BCUT2D eigenvalue weighted by molar-refractivity contribution is 5.69. The molecule has 0 spiro atoms. The minimum atomic E-state index is -0.0256. The van der Waals surface area contributed by atoms with Gasteiger partial charge in [0.1, 0.15) is 0 Å². The van der Waals surface area contributed by atoms with Crippen molar-refractivity contribution in [2.75, 3.05) is 19.8 Å². The van der Waals surface area contributed by atoms with E-state index in [1.54, 1.807) is 16.8 Å². The summed E-state index contributed by atoms with van der Waals surface area (Å²) >= 11 is 0. The molecule has 0 aliphatic heterocycles. The highest BCUT2D eigenvalue weighted by atomic mass is 16.5. The molecule has 0 saturated carbocycles. The number of rotatable bonds is 7. The van der Waals surface area contributed by atoms with Crippen LogP contribution in [0.1, 0.15) is 16.7 Å². The number of aryl methyl sites for hydroxylation is 1. The van der Waals surface area contributed by atoms with E-state index in [0.29, 0.717) is 26.3 Å². The summed E-state index contributed by atoms with van der Waals surface area (Å²) in [4.78, 5) is 12.0. The summed E-state index contributed by atoms with van der Waals surface area (Å²) in [6, 6.07) is 11.8. The number of ether oxygens (including phenoxy) is 1. The molecule has 1 heterocycles. The van der Waals surface area contributed by atoms with E-state index in [-0.39, 0.29) is 5.56 Å². The Hall–Kier alpha value is -2.17. The fourth-order valence-corrected chi connectivity index (χ4v) is 2.03. The Morgan fingerprint density at radius 1 is 1.09 bits per heavy atom. The average molecular weight is 298 g/mol. The smallest absolute Gasteiger partial charge is 0.251 e. The third-order valence-electron chi connectivity index (χ3n) is 3.30. The van der Waals surface area contributed by atoms with Crippen LogP contribution in [0, 0.1) is 6.92 Å². The second-order valence-electron chi connectivity index (χ2n) is 5.14. The second kappa shape index (κ2) is 8.32. The van der Waals surface area contributed by atoms with Gasteiger partial charge in [0.25, 0.3) is 5.56 Å². The molecule has 0 aliphatic rings. The third kappa shape index (κ3) is 4.98. The molecule has 2 N–H and O–H groups in total. The van der Waals surface area contributed by atoms with E-state index in [1.807, 2.05) is 18.2 Å². The van der Waals surface area contributed by atoms with Gasteiger partial charge in [-0.05, 0) is 24.1 Å². The molecule has 116 valence electrons. The van der Waals surface area contributed by atoms with Crippen molar-refractivity contribution in [3.05, 3.63) is 69.6 Å². The lowest BCUT2D eigenvalue weighted by Gasteiger charge is -2.06. The van der Waals surface area contributed by atoms with Crippen molar-refractivity contribution in [3.63, 3.8) is 0 Å². The van der Waals surface area contributed by atoms with E-state index in [0.717, 1.165) is 11.1 Å². The number of pyridine rings is 1. The van der Waals surface area contributed by atoms with Crippen LogP contribution in [-0.4, -0.2) is 24.3 Å². The molecule has 0 fully saturated rings. The topological polar surface area (TPSA) is 57.2 Å². The van der Waals surface area contributed by atoms with Gasteiger partial charge in [0.15, 0.2) is 0 Å². The van der Waals surface area contributed by atoms with Crippen molar-refractivity contribution in [2.24, 2.45) is 5.73 Å². The first-order chi connectivity index (χ1) is 10.7. The van der Waals surface area contributed by atoms with Gasteiger partial charge in [-0.1, -0.05) is 42.0 Å². The number of nitrogens with two attached hydrogens (primary N) is 1. The molecule has 2 aromatic rings. The first kappa shape index (κ1) is 16.2. The molecule has 1 aromatic carbocycles. The van der Waals surface area contributed by atoms with Gasteiger partial charge in [-0.25, -0.2) is 0 Å². The van der Waals surface area contributed by atoms with E-state index in [9.17, 15) is 4.79 Å². The Labute approximate surface area is 130 Å². The minimum absolute atomic E-state index is 0.0256. The van der Waals surface area contributed by atoms with Gasteiger partial charge >= 0.3 is 0 Å². The average Bonchev–Trinajstić information content (AvgIpc) is 2.52. The monoisotopic (exact) mass is 298 g/mol. The predicted octanol–water partition coefficient (Wildman–Crippen LogP) is 2.30. The van der Waals surface area contributed by atoms with Crippen molar-refractivity contribution in [2.45, 2.75) is 13.5 Å². The summed E-state index contributed by atoms with van der Waals surface area (Å²) in [5.74, 6) is 0. The standard InChI is InChI=1S/C18H22N2O2/c1-15-2-4-16(5-3-15)6-7-17-8-10-20(18(21)14-17)11-13-22-12-9-19/h2-8,10,14H,9,11-13,19H2,1H3/b7-6+. The van der Waals surface area contributed by atoms with Crippen LogP contribution in [0.25, 0.3) is 12.2 Å². The van der Waals surface area contributed by atoms with Crippen molar-refractivity contribution >= 4 is 12.2 Å². The lowest BCUT2D eigenvalue weighted by atomic mass is 10.1. The van der Waals surface area contributed by atoms with E-state index in [1.165, 1.54) is 5.56 Å². The summed E-state index contributed by atoms with van der Waals surface area (Å²) < 4.78 is 6.93. The predicted molar refractivity (Wildman–Crippen MR) is 90.7 cm³/mol. The van der Waals surface area contributed by atoms with E-state index < -0.39 is 0 Å². The minimum Gasteiger partial charge on any atom is -0.378 e. The number of hydrogen-bond acceptors (Lipinski definition) is 3. The van der Waals surface area contributed by atoms with Gasteiger partial charge in [0.2, 0.25) is 0 Å². The lowest BCUT2D eigenvalue weighted by molar-refractivity contribution is 0.132. The lowest BCUT2D eigenvalue weighted by Crippen LogP contribution is -2.22. The van der Waals surface area contributed by atoms with Gasteiger partial charge < -0.3 is 15.0 Å². The largest absolute Gasteiger partial charge is 0.378 e. The molecular formula is C18H22N2O2. The number of benzene rings is 1. The molecule has 0 radical (unpaired) electrons. The quantitative estimate of drug-likeness (QED) is 0.798. The Kier molecular flexibility index (Phi) is 6.13. The Morgan fingerprint density at radius 2 is 1.82 bits per heavy atom. The Balaban J connectivity index is 1.99. The molecule has 0 aliphatic carbocycles. The third-order valence-corrected chi connectivity index (χ3v) is 3.30. The van der Waals surface area contributed by atoms with E-state index in [2.05, 4.69) is 31.2 Å². The molecule has 4 nitrogen and oxygen atoms in total. The van der Waals surface area contributed by atoms with Crippen LogP contribution in [0.15, 0.2) is 47.4 Å². The molecular weight excluding hydrogens is 276 g/mol. The zero-order chi connectivity index (χ0) is 15.8. The van der Waals surface area contributed by atoms with Crippen LogP contribution in [0.4, 0.5) is 0 Å². The highest BCUT2D eigenvalue weighted by Gasteiger charge is 1.97. The van der Waals surface area contributed by atoms with Crippen LogP contribution in [0.3, 0.4) is 0 Å². The van der Waals surface area contributed by atoms with Gasteiger partial charge in [-0.2, -0.15) is 0 Å². The van der Waals surface area contributed by atoms with Gasteiger partial charge in [0.05, 0.1) is 13.2 Å². The molecule has 0 saturated heterocycles. The van der Waals surface area contributed by atoms with Crippen molar-refractivity contribution in [3.8, 4) is 0 Å². The maximum absolute atomic E-state index is 12.0. The molecule has 0 amide bonds. The first-order valence-electron chi connectivity index (χ1n) is 7.42. The molecule has 0 atom stereocenters. The summed E-state index contributed by atoms with van der Waals surface area (Å²) in [5.41, 5.74) is 8.56. The molecule has 0 unspecified atom stereocenters. The summed E-state index contributed by atoms with van der Waals surface area (Å²) in [7, 11) is 0. The number of aromatic nitrogens is 1. The van der Waals surface area contributed by atoms with Crippen LogP contribution in [-0.2, 0) is 11.3 Å². The van der Waals surface area contributed by atoms with Crippen molar-refractivity contribution in [1.82, 2.24) is 4.57 Å². The zero-order valence-corrected chi connectivity index (χ0v) is 12.9. The first-order valence-corrected chi connectivity index (χ1v) is 7.42. The fourth-order valence-electron chi connectivity index (χ4n) is 2.03. The fraction of sp³-hybridized carbons (Fsp3) is 0.278. The van der Waals surface area contributed by atoms with Crippen LogP contribution in [0.2, 0.25) is 0 Å². The molecule has 1 aromatic heterocycles. The highest BCUT2D eigenvalue weighted by Crippen LogP contribution is 2.08. The van der Waals surface area contributed by atoms with Gasteiger partial charge in [0, 0.05) is 25.4 Å². The maximum Gasteiger partial charge on any atom is 0.251 e. The Morgan fingerprint density at radius 3 is 2.50 bits per heavy atom. The van der Waals surface area contributed by atoms with Crippen LogP contribution in [0.5, 0.6) is 0 Å². The molecule has 2 rings (SSSR count). The van der Waals surface area contributed by atoms with E-state index in [4.69, 9.17) is 10.5 Å². The summed E-state index contributed by atoms with van der Waals surface area (Å²) in [6.45, 7) is 4.12. The van der Waals surface area contributed by atoms with Crippen molar-refractivity contribution in [1.29, 1.82) is 0 Å². The number of hydrogen-bond donors (Lipinski definition) is 1. The zero-order valence-electron chi connectivity index (χ0n) is 12.9. The van der Waals surface area contributed by atoms with Crippen LogP contribution >= 0.6 is 0 Å². The Bertz CT molecular complexity index is 672. The van der Waals surface area contributed by atoms with Gasteiger partial charge in [-0.15, -0.1) is 0 Å². The summed E-state index contributed by atoms with van der Waals surface area (Å²) in [5, 5.41) is 0. The van der Waals surface area contributed by atoms with E-state index >= 15 is 0 Å².